The molecule has 2 aromatic rings. The van der Waals surface area contributed by atoms with E-state index in [0.717, 1.165) is 27.2 Å². The number of aryl methyl sites for hydroxylation is 2. The second kappa shape index (κ2) is 4.84. The van der Waals surface area contributed by atoms with Crippen molar-refractivity contribution < 1.29 is 4.74 Å². The third kappa shape index (κ3) is 2.64. The van der Waals surface area contributed by atoms with E-state index in [0.29, 0.717) is 5.82 Å². The molecule has 0 N–H and O–H groups in total. The molecule has 2 rings (SSSR count). The molecule has 0 unspecified atom stereocenters. The number of hydrogen-bond acceptors (Lipinski definition) is 3. The van der Waals surface area contributed by atoms with Crippen LogP contribution in [0.15, 0.2) is 28.7 Å². The third-order valence-corrected chi connectivity index (χ3v) is 2.88. The van der Waals surface area contributed by atoms with E-state index in [2.05, 4.69) is 25.9 Å². The lowest BCUT2D eigenvalue weighted by Crippen LogP contribution is -1.96. The molecule has 0 saturated carbocycles. The van der Waals surface area contributed by atoms with Crippen LogP contribution in [-0.4, -0.2) is 17.1 Å². The quantitative estimate of drug-likeness (QED) is 0.849. The first-order chi connectivity index (χ1) is 8.10. The molecular weight excluding hydrogens is 280 g/mol. The lowest BCUT2D eigenvalue weighted by Gasteiger charge is -2.09. The lowest BCUT2D eigenvalue weighted by atomic mass is 10.2. The van der Waals surface area contributed by atoms with Crippen molar-refractivity contribution in [2.45, 2.75) is 13.8 Å². The van der Waals surface area contributed by atoms with Crippen LogP contribution in [0.25, 0.3) is 11.4 Å². The predicted molar refractivity (Wildman–Crippen MR) is 71.2 cm³/mol. The maximum absolute atomic E-state index is 5.33. The van der Waals surface area contributed by atoms with Gasteiger partial charge in [0.25, 0.3) is 0 Å². The van der Waals surface area contributed by atoms with Crippen LogP contribution >= 0.6 is 15.9 Å². The van der Waals surface area contributed by atoms with E-state index in [9.17, 15) is 0 Å². The van der Waals surface area contributed by atoms with Gasteiger partial charge in [0.1, 0.15) is 5.75 Å². The molecule has 0 aliphatic heterocycles. The van der Waals surface area contributed by atoms with E-state index in [-0.39, 0.29) is 0 Å². The lowest BCUT2D eigenvalue weighted by molar-refractivity contribution is 0.416. The molecule has 4 heteroatoms. The van der Waals surface area contributed by atoms with Crippen molar-refractivity contribution in [1.29, 1.82) is 0 Å². The van der Waals surface area contributed by atoms with Gasteiger partial charge in [-0.05, 0) is 38.1 Å². The number of halogens is 1. The van der Waals surface area contributed by atoms with E-state index >= 15 is 0 Å². The van der Waals surface area contributed by atoms with E-state index in [4.69, 9.17) is 4.74 Å². The molecule has 1 aromatic heterocycles. The molecule has 88 valence electrons. The summed E-state index contributed by atoms with van der Waals surface area (Å²) in [5.74, 6) is 1.47. The summed E-state index contributed by atoms with van der Waals surface area (Å²) in [4.78, 5) is 8.88. The Morgan fingerprint density at radius 2 is 1.71 bits per heavy atom. The Kier molecular flexibility index (Phi) is 3.43. The van der Waals surface area contributed by atoms with Crippen molar-refractivity contribution in [3.05, 3.63) is 40.1 Å². The van der Waals surface area contributed by atoms with Gasteiger partial charge in [-0.1, -0.05) is 15.9 Å². The fourth-order valence-electron chi connectivity index (χ4n) is 1.70. The topological polar surface area (TPSA) is 35.0 Å². The summed E-state index contributed by atoms with van der Waals surface area (Å²) in [7, 11) is 1.65. The molecular formula is C13H13BrN2O. The van der Waals surface area contributed by atoms with Crippen molar-refractivity contribution in [1.82, 2.24) is 9.97 Å². The van der Waals surface area contributed by atoms with Gasteiger partial charge >= 0.3 is 0 Å². The number of nitrogens with zero attached hydrogens (tertiary/aromatic N) is 2. The average Bonchev–Trinajstić information content (AvgIpc) is 2.27. The van der Waals surface area contributed by atoms with Crippen molar-refractivity contribution in [2.24, 2.45) is 0 Å². The van der Waals surface area contributed by atoms with E-state index in [1.807, 2.05) is 38.1 Å². The molecule has 0 atom stereocenters. The standard InChI is InChI=1S/C13H13BrN2O/c1-8-6-9(2)16-13(15-8)11-7-10(14)4-5-12(11)17-3/h4-7H,1-3H3. The Hall–Kier alpha value is -1.42. The van der Waals surface area contributed by atoms with Crippen LogP contribution in [0.1, 0.15) is 11.4 Å². The first-order valence-corrected chi connectivity index (χ1v) is 6.05. The smallest absolute Gasteiger partial charge is 0.163 e. The Balaban J connectivity index is 2.62. The minimum Gasteiger partial charge on any atom is -0.496 e. The molecule has 0 aliphatic carbocycles. The summed E-state index contributed by atoms with van der Waals surface area (Å²) >= 11 is 3.45. The predicted octanol–water partition coefficient (Wildman–Crippen LogP) is 3.53. The molecule has 1 heterocycles. The van der Waals surface area contributed by atoms with Gasteiger partial charge in [0, 0.05) is 15.9 Å². The third-order valence-electron chi connectivity index (χ3n) is 2.38. The normalized spacial score (nSPS) is 10.4. The maximum Gasteiger partial charge on any atom is 0.163 e. The van der Waals surface area contributed by atoms with Crippen LogP contribution in [-0.2, 0) is 0 Å². The summed E-state index contributed by atoms with van der Waals surface area (Å²) in [6.07, 6.45) is 0. The molecule has 0 radical (unpaired) electrons. The van der Waals surface area contributed by atoms with Gasteiger partial charge in [0.15, 0.2) is 5.82 Å². The molecule has 0 bridgehead atoms. The van der Waals surface area contributed by atoms with Gasteiger partial charge in [-0.25, -0.2) is 9.97 Å². The van der Waals surface area contributed by atoms with Crippen LogP contribution in [0.4, 0.5) is 0 Å². The Morgan fingerprint density at radius 1 is 1.06 bits per heavy atom. The second-order valence-corrected chi connectivity index (χ2v) is 4.73. The highest BCUT2D eigenvalue weighted by molar-refractivity contribution is 9.10. The number of hydrogen-bond donors (Lipinski definition) is 0. The minimum atomic E-state index is 0.695. The van der Waals surface area contributed by atoms with Gasteiger partial charge in [-0.2, -0.15) is 0 Å². The number of benzene rings is 1. The number of methoxy groups -OCH3 is 1. The van der Waals surface area contributed by atoms with E-state index in [1.54, 1.807) is 7.11 Å². The highest BCUT2D eigenvalue weighted by Gasteiger charge is 2.10. The SMILES string of the molecule is COc1ccc(Br)cc1-c1nc(C)cc(C)n1. The van der Waals surface area contributed by atoms with Crippen LogP contribution < -0.4 is 4.74 Å². The zero-order chi connectivity index (χ0) is 12.4. The van der Waals surface area contributed by atoms with Crippen LogP contribution in [0.5, 0.6) is 5.75 Å². The summed E-state index contributed by atoms with van der Waals surface area (Å²) in [5.41, 5.74) is 2.80. The first-order valence-electron chi connectivity index (χ1n) is 5.26. The van der Waals surface area contributed by atoms with Gasteiger partial charge in [-0.15, -0.1) is 0 Å². The van der Waals surface area contributed by atoms with Gasteiger partial charge in [0.2, 0.25) is 0 Å². The van der Waals surface area contributed by atoms with Crippen LogP contribution in [0.2, 0.25) is 0 Å². The molecule has 1 aromatic carbocycles. The van der Waals surface area contributed by atoms with Crippen molar-refractivity contribution >= 4 is 15.9 Å². The highest BCUT2D eigenvalue weighted by Crippen LogP contribution is 2.30. The zero-order valence-electron chi connectivity index (χ0n) is 9.99. The monoisotopic (exact) mass is 292 g/mol. The Morgan fingerprint density at radius 3 is 2.29 bits per heavy atom. The summed E-state index contributed by atoms with van der Waals surface area (Å²) < 4.78 is 6.32. The van der Waals surface area contributed by atoms with Gasteiger partial charge in [-0.3, -0.25) is 0 Å². The van der Waals surface area contributed by atoms with Crippen molar-refractivity contribution in [3.8, 4) is 17.1 Å². The fraction of sp³-hybridized carbons (Fsp3) is 0.231. The summed E-state index contributed by atoms with van der Waals surface area (Å²) in [6, 6.07) is 7.76. The molecule has 0 amide bonds. The zero-order valence-corrected chi connectivity index (χ0v) is 11.6. The fourth-order valence-corrected chi connectivity index (χ4v) is 2.06. The maximum atomic E-state index is 5.33. The number of aromatic nitrogens is 2. The summed E-state index contributed by atoms with van der Waals surface area (Å²) in [6.45, 7) is 3.92. The van der Waals surface area contributed by atoms with E-state index in [1.165, 1.54) is 0 Å². The van der Waals surface area contributed by atoms with Crippen molar-refractivity contribution in [3.63, 3.8) is 0 Å². The van der Waals surface area contributed by atoms with Gasteiger partial charge in [0.05, 0.1) is 12.7 Å². The molecule has 3 nitrogen and oxygen atoms in total. The Bertz CT molecular complexity index is 535. The van der Waals surface area contributed by atoms with Gasteiger partial charge < -0.3 is 4.74 Å². The minimum absolute atomic E-state index is 0.695. The summed E-state index contributed by atoms with van der Waals surface area (Å²) in [5, 5.41) is 0. The van der Waals surface area contributed by atoms with E-state index < -0.39 is 0 Å². The number of ether oxygens (including phenoxy) is 1. The molecule has 0 fully saturated rings. The second-order valence-electron chi connectivity index (χ2n) is 3.82. The first kappa shape index (κ1) is 12.0. The van der Waals surface area contributed by atoms with Crippen LogP contribution in [0.3, 0.4) is 0 Å². The average molecular weight is 293 g/mol. The highest BCUT2D eigenvalue weighted by atomic mass is 79.9. The molecule has 0 aliphatic rings. The largest absolute Gasteiger partial charge is 0.496 e. The molecule has 17 heavy (non-hydrogen) atoms. The Labute approximate surface area is 109 Å². The van der Waals surface area contributed by atoms with Crippen LogP contribution in [0, 0.1) is 13.8 Å². The molecule has 0 saturated heterocycles. The van der Waals surface area contributed by atoms with Crippen molar-refractivity contribution in [2.75, 3.05) is 7.11 Å². The number of rotatable bonds is 2. The molecule has 0 spiro atoms.